The van der Waals surface area contributed by atoms with Crippen molar-refractivity contribution in [1.29, 1.82) is 0 Å². The number of nitrogens with zero attached hydrogens (tertiary/aromatic N) is 3. The molecule has 0 radical (unpaired) electrons. The molecule has 4 rings (SSSR count). The van der Waals surface area contributed by atoms with E-state index < -0.39 is 23.8 Å². The van der Waals surface area contributed by atoms with Crippen LogP contribution in [0.5, 0.6) is 0 Å². The Kier molecular flexibility index (Phi) is 2.85. The number of carbonyl (C=O) groups excluding carboxylic acids is 1. The molecule has 7 heteroatoms. The molecule has 1 aliphatic carbocycles. The zero-order valence-corrected chi connectivity index (χ0v) is 11.5. The Morgan fingerprint density at radius 3 is 2.77 bits per heavy atom. The smallest absolute Gasteiger partial charge is 0.217 e. The van der Waals surface area contributed by atoms with E-state index in [2.05, 4.69) is 10.1 Å². The van der Waals surface area contributed by atoms with Gasteiger partial charge in [0.25, 0.3) is 0 Å². The van der Waals surface area contributed by atoms with E-state index in [-0.39, 0.29) is 35.3 Å². The van der Waals surface area contributed by atoms with Gasteiger partial charge >= 0.3 is 0 Å². The summed E-state index contributed by atoms with van der Waals surface area (Å²) in [6, 6.07) is 2.26. The van der Waals surface area contributed by atoms with Crippen molar-refractivity contribution >= 4 is 5.78 Å². The number of ketones is 1. The fourth-order valence-electron chi connectivity index (χ4n) is 2.84. The van der Waals surface area contributed by atoms with Gasteiger partial charge in [0.15, 0.2) is 12.0 Å². The lowest BCUT2D eigenvalue weighted by molar-refractivity contribution is 0.0956. The minimum absolute atomic E-state index is 0.0117. The molecule has 0 bridgehead atoms. The molecule has 2 atom stereocenters. The van der Waals surface area contributed by atoms with Crippen LogP contribution in [0.2, 0.25) is 0 Å². The van der Waals surface area contributed by atoms with Gasteiger partial charge in [-0.05, 0) is 31.0 Å². The van der Waals surface area contributed by atoms with E-state index in [1.165, 1.54) is 4.68 Å². The Balaban J connectivity index is 1.76. The third-order valence-electron chi connectivity index (χ3n) is 4.15. The molecule has 2 heterocycles. The van der Waals surface area contributed by atoms with Gasteiger partial charge in [0.05, 0.1) is 6.04 Å². The SMILES string of the molecule is O=C(c1nc2n(n1)C(c1cc(F)ccc1F)CC2F)C1CC1. The first kappa shape index (κ1) is 13.5. The Bertz CT molecular complexity index is 769. The van der Waals surface area contributed by atoms with Crippen molar-refractivity contribution in [3.63, 3.8) is 0 Å². The molecule has 2 aliphatic rings. The maximum atomic E-state index is 14.1. The summed E-state index contributed by atoms with van der Waals surface area (Å²) in [6.07, 6.45) is 0.0852. The second-order valence-corrected chi connectivity index (χ2v) is 5.76. The highest BCUT2D eigenvalue weighted by Crippen LogP contribution is 2.41. The second kappa shape index (κ2) is 4.66. The number of hydrogen-bond donors (Lipinski definition) is 0. The molecule has 0 saturated heterocycles. The molecule has 114 valence electrons. The lowest BCUT2D eigenvalue weighted by atomic mass is 10.0. The molecule has 1 saturated carbocycles. The van der Waals surface area contributed by atoms with Crippen LogP contribution in [0, 0.1) is 17.6 Å². The third kappa shape index (κ3) is 2.03. The van der Waals surface area contributed by atoms with E-state index in [0.29, 0.717) is 0 Å². The molecule has 1 aromatic heterocycles. The second-order valence-electron chi connectivity index (χ2n) is 5.76. The molecule has 0 N–H and O–H groups in total. The van der Waals surface area contributed by atoms with Crippen LogP contribution in [0.15, 0.2) is 18.2 Å². The zero-order valence-electron chi connectivity index (χ0n) is 11.5. The monoisotopic (exact) mass is 307 g/mol. The fraction of sp³-hybridized carbons (Fsp3) is 0.400. The molecule has 1 fully saturated rings. The van der Waals surface area contributed by atoms with Crippen LogP contribution in [0.1, 0.15) is 53.5 Å². The van der Waals surface area contributed by atoms with Gasteiger partial charge in [0, 0.05) is 17.9 Å². The highest BCUT2D eigenvalue weighted by molar-refractivity contribution is 5.95. The normalized spacial score (nSPS) is 23.6. The van der Waals surface area contributed by atoms with E-state index in [9.17, 15) is 18.0 Å². The number of carbonyl (C=O) groups is 1. The minimum atomic E-state index is -1.44. The maximum absolute atomic E-state index is 14.1. The van der Waals surface area contributed by atoms with Gasteiger partial charge < -0.3 is 0 Å². The van der Waals surface area contributed by atoms with Crippen LogP contribution in [0.3, 0.4) is 0 Å². The molecule has 4 nitrogen and oxygen atoms in total. The van der Waals surface area contributed by atoms with Gasteiger partial charge in [-0.25, -0.2) is 22.8 Å². The number of benzene rings is 1. The molecule has 0 spiro atoms. The van der Waals surface area contributed by atoms with Crippen LogP contribution >= 0.6 is 0 Å². The van der Waals surface area contributed by atoms with Crippen LogP contribution in [-0.2, 0) is 0 Å². The van der Waals surface area contributed by atoms with Crippen LogP contribution in [0.4, 0.5) is 13.2 Å². The fourth-order valence-corrected chi connectivity index (χ4v) is 2.84. The highest BCUT2D eigenvalue weighted by atomic mass is 19.1. The first-order chi connectivity index (χ1) is 10.5. The molecule has 1 aromatic carbocycles. The third-order valence-corrected chi connectivity index (χ3v) is 4.15. The van der Waals surface area contributed by atoms with Crippen molar-refractivity contribution in [3.8, 4) is 0 Å². The van der Waals surface area contributed by atoms with Crippen molar-refractivity contribution in [2.24, 2.45) is 5.92 Å². The summed E-state index contributed by atoms with van der Waals surface area (Å²) in [6.45, 7) is 0. The summed E-state index contributed by atoms with van der Waals surface area (Å²) in [7, 11) is 0. The maximum Gasteiger partial charge on any atom is 0.217 e. The van der Waals surface area contributed by atoms with Gasteiger partial charge in [-0.2, -0.15) is 0 Å². The Labute approximate surface area is 124 Å². The minimum Gasteiger partial charge on any atom is -0.290 e. The van der Waals surface area contributed by atoms with Crippen molar-refractivity contribution in [2.45, 2.75) is 31.5 Å². The summed E-state index contributed by atoms with van der Waals surface area (Å²) in [5, 5.41) is 4.06. The van der Waals surface area contributed by atoms with Gasteiger partial charge in [-0.1, -0.05) is 0 Å². The summed E-state index contributed by atoms with van der Waals surface area (Å²) in [5.41, 5.74) is 0.0247. The summed E-state index contributed by atoms with van der Waals surface area (Å²) in [4.78, 5) is 16.0. The standard InChI is InChI=1S/C15H12F3N3O/c16-8-3-4-10(17)9(5-8)12-6-11(18)15-19-14(20-21(12)15)13(22)7-1-2-7/h3-5,7,11-12H,1-2,6H2. The molecule has 2 aromatic rings. The Hall–Kier alpha value is -2.18. The first-order valence-corrected chi connectivity index (χ1v) is 7.14. The number of halogens is 3. The number of fused-ring (bicyclic) bond motifs is 1. The van der Waals surface area contributed by atoms with Crippen molar-refractivity contribution in [3.05, 3.63) is 47.0 Å². The molecule has 22 heavy (non-hydrogen) atoms. The number of Topliss-reactive ketones (excluding diaryl/α,β-unsaturated/α-hetero) is 1. The van der Waals surface area contributed by atoms with Crippen molar-refractivity contribution in [1.82, 2.24) is 14.8 Å². The van der Waals surface area contributed by atoms with E-state index >= 15 is 0 Å². The van der Waals surface area contributed by atoms with Gasteiger partial charge in [0.1, 0.15) is 11.6 Å². The molecular weight excluding hydrogens is 295 g/mol. The average molecular weight is 307 g/mol. The highest BCUT2D eigenvalue weighted by Gasteiger charge is 2.40. The molecule has 0 amide bonds. The van der Waals surface area contributed by atoms with Crippen LogP contribution in [0.25, 0.3) is 0 Å². The van der Waals surface area contributed by atoms with E-state index in [1.54, 1.807) is 0 Å². The quantitative estimate of drug-likeness (QED) is 0.818. The summed E-state index contributed by atoms with van der Waals surface area (Å²) >= 11 is 0. The molecular formula is C15H12F3N3O. The van der Waals surface area contributed by atoms with Gasteiger partial charge in [-0.3, -0.25) is 4.79 Å². The largest absolute Gasteiger partial charge is 0.290 e. The van der Waals surface area contributed by atoms with Crippen LogP contribution in [-0.4, -0.2) is 20.5 Å². The average Bonchev–Trinajstić information content (AvgIpc) is 3.17. The van der Waals surface area contributed by atoms with E-state index in [4.69, 9.17) is 0 Å². The number of rotatable bonds is 3. The number of alkyl halides is 1. The number of hydrogen-bond acceptors (Lipinski definition) is 3. The Morgan fingerprint density at radius 2 is 2.05 bits per heavy atom. The van der Waals surface area contributed by atoms with Crippen LogP contribution < -0.4 is 0 Å². The Morgan fingerprint density at radius 1 is 1.27 bits per heavy atom. The molecule has 1 aliphatic heterocycles. The molecule has 2 unspecified atom stereocenters. The lowest BCUT2D eigenvalue weighted by Gasteiger charge is -2.12. The topological polar surface area (TPSA) is 47.8 Å². The predicted octanol–water partition coefficient (Wildman–Crippen LogP) is 3.15. The van der Waals surface area contributed by atoms with Gasteiger partial charge in [-0.15, -0.1) is 5.10 Å². The summed E-state index contributed by atoms with van der Waals surface area (Å²) < 4.78 is 42.6. The van der Waals surface area contributed by atoms with Crippen molar-refractivity contribution < 1.29 is 18.0 Å². The van der Waals surface area contributed by atoms with Gasteiger partial charge in [0.2, 0.25) is 11.6 Å². The van der Waals surface area contributed by atoms with E-state index in [1.807, 2.05) is 0 Å². The lowest BCUT2D eigenvalue weighted by Crippen LogP contribution is -2.12. The number of aromatic nitrogens is 3. The van der Waals surface area contributed by atoms with Crippen molar-refractivity contribution in [2.75, 3.05) is 0 Å². The predicted molar refractivity (Wildman–Crippen MR) is 70.0 cm³/mol. The first-order valence-electron chi connectivity index (χ1n) is 7.14. The summed E-state index contributed by atoms with van der Waals surface area (Å²) in [5.74, 6) is -1.52. The zero-order chi connectivity index (χ0) is 15.4. The van der Waals surface area contributed by atoms with E-state index in [0.717, 1.165) is 31.0 Å².